The number of carbonyl (C=O) groups excluding carboxylic acids is 3. The van der Waals surface area contributed by atoms with Gasteiger partial charge in [-0.15, -0.1) is 16.9 Å². The Morgan fingerprint density at radius 1 is 1.31 bits per heavy atom. The van der Waals surface area contributed by atoms with Gasteiger partial charge in [-0.25, -0.2) is 9.48 Å². The van der Waals surface area contributed by atoms with Crippen molar-refractivity contribution in [3.05, 3.63) is 16.9 Å². The molecule has 0 spiro atoms. The van der Waals surface area contributed by atoms with Gasteiger partial charge in [0.15, 0.2) is 5.78 Å². The lowest BCUT2D eigenvalue weighted by atomic mass is 9.73. The number of rotatable bonds is 10. The molecule has 1 unspecified atom stereocenters. The first-order valence-electron chi connectivity index (χ1n) is 14.4. The van der Waals surface area contributed by atoms with Crippen LogP contribution < -0.4 is 5.73 Å². The Labute approximate surface area is 246 Å². The zero-order valence-electron chi connectivity index (χ0n) is 23.6. The number of aliphatic carboxylic acids is 1. The van der Waals surface area contributed by atoms with Crippen LogP contribution in [0.5, 0.6) is 0 Å². The summed E-state index contributed by atoms with van der Waals surface area (Å²) in [4.78, 5) is 59.9. The van der Waals surface area contributed by atoms with E-state index in [-0.39, 0.29) is 83.4 Å². The number of aromatic nitrogens is 4. The Bertz CT molecular complexity index is 1370. The summed E-state index contributed by atoms with van der Waals surface area (Å²) in [7, 11) is 0. The topological polar surface area (TPSA) is 197 Å². The molecule has 8 atom stereocenters. The molecule has 4 aliphatic heterocycles. The molecule has 3 fully saturated rings. The summed E-state index contributed by atoms with van der Waals surface area (Å²) >= 11 is 1.39. The van der Waals surface area contributed by atoms with Gasteiger partial charge in [0.2, 0.25) is 5.91 Å². The summed E-state index contributed by atoms with van der Waals surface area (Å²) in [6, 6.07) is -0.289. The molecule has 4 N–H and O–H groups in total. The van der Waals surface area contributed by atoms with Crippen LogP contribution in [0.3, 0.4) is 0 Å². The van der Waals surface area contributed by atoms with Crippen LogP contribution in [-0.4, -0.2) is 113 Å². The van der Waals surface area contributed by atoms with Crippen molar-refractivity contribution >= 4 is 41.0 Å². The Hall–Kier alpha value is -3.17. The van der Waals surface area contributed by atoms with Crippen LogP contribution in [0.4, 0.5) is 0 Å². The van der Waals surface area contributed by atoms with E-state index in [0.717, 1.165) is 6.42 Å². The quantitative estimate of drug-likeness (QED) is 0.294. The number of nitrogens with two attached hydrogens (primary N) is 1. The number of hydrogen-bond donors (Lipinski definition) is 3. The first-order chi connectivity index (χ1) is 20.0. The maximum absolute atomic E-state index is 13.4. The van der Waals surface area contributed by atoms with Crippen LogP contribution in [0.15, 0.2) is 21.9 Å². The molecular weight excluding hydrogens is 564 g/mol. The Balaban J connectivity index is 1.09. The van der Waals surface area contributed by atoms with E-state index >= 15 is 0 Å². The molecule has 0 radical (unpaired) electrons. The molecule has 5 heterocycles. The van der Waals surface area contributed by atoms with E-state index in [1.54, 1.807) is 4.90 Å². The molecule has 0 bridgehead atoms. The summed E-state index contributed by atoms with van der Waals surface area (Å²) in [6.07, 6.45) is 3.41. The Kier molecular flexibility index (Phi) is 7.46. The van der Waals surface area contributed by atoms with E-state index in [1.165, 1.54) is 27.7 Å². The molecule has 5 aliphatic rings. The maximum atomic E-state index is 13.4. The monoisotopic (exact) mass is 600 g/mol. The number of ketones is 1. The summed E-state index contributed by atoms with van der Waals surface area (Å²) < 4.78 is 1.33. The maximum Gasteiger partial charge on any atom is 0.353 e. The van der Waals surface area contributed by atoms with Crippen molar-refractivity contribution in [2.24, 2.45) is 39.8 Å². The van der Waals surface area contributed by atoms with E-state index in [2.05, 4.69) is 20.5 Å². The molecule has 1 aliphatic carbocycles. The smallest absolute Gasteiger partial charge is 0.353 e. The number of carbonyl (C=O) groups is 4. The summed E-state index contributed by atoms with van der Waals surface area (Å²) in [6.45, 7) is 5.21. The van der Waals surface area contributed by atoms with Gasteiger partial charge in [0, 0.05) is 53.5 Å². The van der Waals surface area contributed by atoms with Gasteiger partial charge in [0.1, 0.15) is 24.3 Å². The lowest BCUT2D eigenvalue weighted by Gasteiger charge is -2.47. The van der Waals surface area contributed by atoms with Crippen molar-refractivity contribution in [2.75, 3.05) is 26.2 Å². The third kappa shape index (κ3) is 4.74. The van der Waals surface area contributed by atoms with Crippen LogP contribution in [0.2, 0.25) is 0 Å². The van der Waals surface area contributed by atoms with Crippen LogP contribution in [0.1, 0.15) is 39.5 Å². The number of β-lactam (4-membered cyclic amide) rings is 1. The number of thioether (sulfide) groups is 1. The molecule has 0 aromatic carbocycles. The summed E-state index contributed by atoms with van der Waals surface area (Å²) in [5.74, 6) is -2.46. The lowest BCUT2D eigenvalue weighted by molar-refractivity contribution is -0.160. The molecular formula is C27H36N8O6S. The minimum atomic E-state index is -1.16. The van der Waals surface area contributed by atoms with Crippen LogP contribution in [0.25, 0.3) is 0 Å². The number of aliphatic hydroxyl groups is 1. The van der Waals surface area contributed by atoms with Gasteiger partial charge >= 0.3 is 5.97 Å². The second kappa shape index (κ2) is 10.8. The summed E-state index contributed by atoms with van der Waals surface area (Å²) in [5.41, 5.74) is 6.27. The van der Waals surface area contributed by atoms with Crippen molar-refractivity contribution in [1.82, 2.24) is 30.0 Å². The fourth-order valence-electron chi connectivity index (χ4n) is 7.86. The highest BCUT2D eigenvalue weighted by Gasteiger charge is 2.60. The van der Waals surface area contributed by atoms with Gasteiger partial charge in [-0.3, -0.25) is 19.4 Å². The molecule has 6 rings (SSSR count). The number of nitrogens with zero attached hydrogens (tertiary/aromatic N) is 7. The van der Waals surface area contributed by atoms with E-state index in [9.17, 15) is 29.4 Å². The predicted molar refractivity (Wildman–Crippen MR) is 150 cm³/mol. The highest BCUT2D eigenvalue weighted by atomic mass is 32.2. The molecule has 226 valence electrons. The molecule has 42 heavy (non-hydrogen) atoms. The van der Waals surface area contributed by atoms with Gasteiger partial charge in [0.25, 0.3) is 5.91 Å². The average molecular weight is 601 g/mol. The number of likely N-dealkylation sites (tertiary alicyclic amines) is 1. The highest BCUT2D eigenvalue weighted by molar-refractivity contribution is 8.03. The normalized spacial score (nSPS) is 34.4. The van der Waals surface area contributed by atoms with Gasteiger partial charge in [-0.1, -0.05) is 13.8 Å². The molecule has 15 heteroatoms. The number of aliphatic imine (C=N–C) groups is 1. The van der Waals surface area contributed by atoms with Crippen molar-refractivity contribution < 1.29 is 29.4 Å². The highest BCUT2D eigenvalue weighted by Crippen LogP contribution is 2.53. The minimum Gasteiger partial charge on any atom is -0.477 e. The van der Waals surface area contributed by atoms with E-state index in [0.29, 0.717) is 43.1 Å². The van der Waals surface area contributed by atoms with Crippen LogP contribution >= 0.6 is 11.8 Å². The number of aliphatic hydroxyl groups excluding tert-OH is 1. The number of tetrazole rings is 1. The number of hydrogen-bond acceptors (Lipinski definition) is 11. The lowest BCUT2D eigenvalue weighted by Crippen LogP contribution is -2.62. The molecule has 2 saturated heterocycles. The van der Waals surface area contributed by atoms with E-state index in [1.807, 2.05) is 13.8 Å². The molecule has 1 aromatic heterocycles. The average Bonchev–Trinajstić information content (AvgIpc) is 3.74. The first-order valence-corrected chi connectivity index (χ1v) is 15.3. The van der Waals surface area contributed by atoms with Crippen LogP contribution in [-0.2, 0) is 25.7 Å². The van der Waals surface area contributed by atoms with Gasteiger partial charge in [-0.05, 0) is 35.1 Å². The molecule has 2 amide bonds. The predicted octanol–water partition coefficient (Wildman–Crippen LogP) is -0.454. The zero-order chi connectivity index (χ0) is 29.9. The van der Waals surface area contributed by atoms with Crippen molar-refractivity contribution in [3.8, 4) is 0 Å². The van der Waals surface area contributed by atoms with E-state index in [4.69, 9.17) is 5.73 Å². The van der Waals surface area contributed by atoms with Gasteiger partial charge in [-0.2, -0.15) is 0 Å². The number of fused-ring (bicyclic) bond motifs is 2. The second-order valence-electron chi connectivity index (χ2n) is 12.6. The minimum absolute atomic E-state index is 0.000614. The molecule has 1 aromatic rings. The van der Waals surface area contributed by atoms with Crippen molar-refractivity contribution in [1.29, 1.82) is 0 Å². The number of amides is 2. The fraction of sp³-hybridized carbons (Fsp3) is 0.704. The zero-order valence-corrected chi connectivity index (χ0v) is 24.4. The second-order valence-corrected chi connectivity index (χ2v) is 13.9. The van der Waals surface area contributed by atoms with Crippen molar-refractivity contribution in [2.45, 2.75) is 63.4 Å². The third-order valence-electron chi connectivity index (χ3n) is 9.80. The fourth-order valence-corrected chi connectivity index (χ4v) is 9.26. The SMILES string of the molecule is CC1C(S[C@@H]2CN=C(C(=O)N3C[C@H]4C[C@@H](N)C[C@@]4(CO)C3)C2)=C(C(=O)O)N2C(=O)[C@H]([C@@H](C)CC(=O)Cn3cnnn3)[C@@H]12. The largest absolute Gasteiger partial charge is 0.477 e. The van der Waals surface area contributed by atoms with Gasteiger partial charge in [0.05, 0.1) is 25.1 Å². The standard InChI is InChI=1S/C27H36N8O6S/c1-13(3-17(37)9-34-12-30-31-32-34)20-21-14(2)23(22(26(40)41)35(21)25(20)39)42-18-5-19(29-7-18)24(38)33-8-15-4-16(28)6-27(15,10-33)11-36/h12-16,18,20-21,36H,3-11,28H2,1-2H3,(H,40,41)/t13-,14?,15+,16+,18-,20+,21+,27-/m0/s1. The van der Waals surface area contributed by atoms with Crippen molar-refractivity contribution in [3.63, 3.8) is 0 Å². The van der Waals surface area contributed by atoms with Crippen LogP contribution in [0, 0.1) is 29.1 Å². The van der Waals surface area contributed by atoms with Gasteiger partial charge < -0.3 is 25.7 Å². The summed E-state index contributed by atoms with van der Waals surface area (Å²) in [5, 5.41) is 30.8. The molecule has 1 saturated carbocycles. The first kappa shape index (κ1) is 28.9. The van der Waals surface area contributed by atoms with E-state index < -0.39 is 11.9 Å². The third-order valence-corrected chi connectivity index (χ3v) is 11.3. The number of Topliss-reactive ketones (excluding diaryl/α,β-unsaturated/α-hetero) is 1. The molecule has 14 nitrogen and oxygen atoms in total. The Morgan fingerprint density at radius 3 is 2.76 bits per heavy atom. The number of carboxylic acids is 1. The Morgan fingerprint density at radius 2 is 2.10 bits per heavy atom. The number of carboxylic acid groups (broad SMARTS) is 1.